The highest BCUT2D eigenvalue weighted by Crippen LogP contribution is 2.18. The first kappa shape index (κ1) is 16.5. The van der Waals surface area contributed by atoms with E-state index >= 15 is 0 Å². The van der Waals surface area contributed by atoms with E-state index in [9.17, 15) is 4.79 Å². The Balaban J connectivity index is 1.92. The van der Waals surface area contributed by atoms with Gasteiger partial charge in [0.25, 0.3) is 5.91 Å². The molecule has 0 fully saturated rings. The molecule has 0 aliphatic carbocycles. The molecule has 6 heteroatoms. The van der Waals surface area contributed by atoms with Crippen LogP contribution in [0.25, 0.3) is 0 Å². The van der Waals surface area contributed by atoms with E-state index in [-0.39, 0.29) is 12.5 Å². The van der Waals surface area contributed by atoms with Gasteiger partial charge >= 0.3 is 0 Å². The van der Waals surface area contributed by atoms with Crippen molar-refractivity contribution in [1.82, 2.24) is 14.7 Å². The number of carbonyl (C=O) groups is 1. The van der Waals surface area contributed by atoms with Crippen molar-refractivity contribution in [3.63, 3.8) is 0 Å². The van der Waals surface area contributed by atoms with Crippen molar-refractivity contribution in [3.05, 3.63) is 46.2 Å². The fraction of sp³-hybridized carbons (Fsp3) is 0.375. The van der Waals surface area contributed by atoms with Crippen molar-refractivity contribution in [2.24, 2.45) is 0 Å². The summed E-state index contributed by atoms with van der Waals surface area (Å²) in [5.74, 6) is 0.655. The molecule has 2 aromatic rings. The van der Waals surface area contributed by atoms with Crippen LogP contribution < -0.4 is 4.74 Å². The van der Waals surface area contributed by atoms with E-state index in [1.165, 1.54) is 0 Å². The van der Waals surface area contributed by atoms with Crippen LogP contribution >= 0.6 is 15.9 Å². The van der Waals surface area contributed by atoms with E-state index in [1.54, 1.807) is 11.9 Å². The van der Waals surface area contributed by atoms with Gasteiger partial charge in [-0.05, 0) is 41.4 Å². The molecule has 0 aliphatic heterocycles. The van der Waals surface area contributed by atoms with Crippen LogP contribution in [0.1, 0.15) is 18.2 Å². The number of ether oxygens (including phenoxy) is 1. The van der Waals surface area contributed by atoms with Crippen molar-refractivity contribution in [1.29, 1.82) is 0 Å². The van der Waals surface area contributed by atoms with E-state index in [0.29, 0.717) is 6.54 Å². The van der Waals surface area contributed by atoms with E-state index in [2.05, 4.69) is 21.0 Å². The molecule has 0 N–H and O–H groups in total. The monoisotopic (exact) mass is 365 g/mol. The fourth-order valence-corrected chi connectivity index (χ4v) is 2.43. The molecule has 22 heavy (non-hydrogen) atoms. The number of aromatic nitrogens is 2. The van der Waals surface area contributed by atoms with Gasteiger partial charge in [-0.3, -0.25) is 9.48 Å². The molecule has 118 valence electrons. The van der Waals surface area contributed by atoms with Gasteiger partial charge < -0.3 is 9.64 Å². The van der Waals surface area contributed by atoms with Gasteiger partial charge in [0, 0.05) is 19.8 Å². The molecule has 1 aromatic heterocycles. The van der Waals surface area contributed by atoms with Gasteiger partial charge in [0.05, 0.1) is 16.7 Å². The smallest absolute Gasteiger partial charge is 0.260 e. The average molecular weight is 366 g/mol. The maximum atomic E-state index is 12.2. The number of aryl methyl sites for hydroxylation is 2. The van der Waals surface area contributed by atoms with E-state index in [0.717, 1.165) is 28.0 Å². The second-order valence-electron chi connectivity index (χ2n) is 5.08. The van der Waals surface area contributed by atoms with Gasteiger partial charge in [0.15, 0.2) is 6.61 Å². The quantitative estimate of drug-likeness (QED) is 0.790. The molecule has 0 unspecified atom stereocenters. The Morgan fingerprint density at radius 1 is 1.41 bits per heavy atom. The summed E-state index contributed by atoms with van der Waals surface area (Å²) >= 11 is 3.47. The molecule has 0 saturated carbocycles. The first-order chi connectivity index (χ1) is 10.5. The summed E-state index contributed by atoms with van der Waals surface area (Å²) in [6, 6.07) is 7.66. The molecule has 1 heterocycles. The molecule has 5 nitrogen and oxygen atoms in total. The predicted octanol–water partition coefficient (Wildman–Crippen LogP) is 3.01. The van der Waals surface area contributed by atoms with E-state index in [1.807, 2.05) is 49.0 Å². The van der Waals surface area contributed by atoms with Crippen LogP contribution in [0.15, 0.2) is 34.9 Å². The van der Waals surface area contributed by atoms with Crippen LogP contribution in [0.2, 0.25) is 0 Å². The molecule has 0 bridgehead atoms. The van der Waals surface area contributed by atoms with Gasteiger partial charge in [0.1, 0.15) is 5.75 Å². The summed E-state index contributed by atoms with van der Waals surface area (Å²) in [4.78, 5) is 13.8. The Labute approximate surface area is 139 Å². The van der Waals surface area contributed by atoms with E-state index in [4.69, 9.17) is 4.74 Å². The number of likely N-dealkylation sites (N-methyl/N-ethyl adjacent to an activating group) is 1. The molecule has 0 spiro atoms. The predicted molar refractivity (Wildman–Crippen MR) is 88.7 cm³/mol. The number of rotatable bonds is 6. The normalized spacial score (nSPS) is 10.5. The van der Waals surface area contributed by atoms with Crippen LogP contribution in [0.3, 0.4) is 0 Å². The fourth-order valence-electron chi connectivity index (χ4n) is 1.99. The number of nitrogens with zero attached hydrogens (tertiary/aromatic N) is 3. The molecular weight excluding hydrogens is 346 g/mol. The minimum Gasteiger partial charge on any atom is -0.484 e. The molecule has 0 atom stereocenters. The standard InChI is InChI=1S/C16H20BrN3O2/c1-4-20-9-13(17)14(18-20)10-19(3)16(21)11-22-15-8-6-5-7-12(15)2/h5-9H,4,10-11H2,1-3H3. The molecule has 0 aliphatic rings. The summed E-state index contributed by atoms with van der Waals surface area (Å²) in [5, 5.41) is 4.42. The highest BCUT2D eigenvalue weighted by atomic mass is 79.9. The Morgan fingerprint density at radius 3 is 2.77 bits per heavy atom. The third kappa shape index (κ3) is 4.10. The molecule has 2 rings (SSSR count). The van der Waals surface area contributed by atoms with Crippen molar-refractivity contribution in [2.75, 3.05) is 13.7 Å². The highest BCUT2D eigenvalue weighted by Gasteiger charge is 2.14. The van der Waals surface area contributed by atoms with Crippen molar-refractivity contribution in [2.45, 2.75) is 26.9 Å². The number of halogens is 1. The Hall–Kier alpha value is -1.82. The van der Waals surface area contributed by atoms with Crippen molar-refractivity contribution < 1.29 is 9.53 Å². The summed E-state index contributed by atoms with van der Waals surface area (Å²) in [6.45, 7) is 5.25. The lowest BCUT2D eigenvalue weighted by atomic mass is 10.2. The van der Waals surface area contributed by atoms with Crippen LogP contribution in [0.5, 0.6) is 5.75 Å². The van der Waals surface area contributed by atoms with Crippen LogP contribution in [-0.2, 0) is 17.9 Å². The SMILES string of the molecule is CCn1cc(Br)c(CN(C)C(=O)COc2ccccc2C)n1. The topological polar surface area (TPSA) is 47.4 Å². The minimum atomic E-state index is -0.0822. The summed E-state index contributed by atoms with van der Waals surface area (Å²) < 4.78 is 8.33. The second kappa shape index (κ2) is 7.45. The van der Waals surface area contributed by atoms with Gasteiger partial charge in [-0.2, -0.15) is 5.10 Å². The summed E-state index contributed by atoms with van der Waals surface area (Å²) in [7, 11) is 1.75. The largest absolute Gasteiger partial charge is 0.484 e. The van der Waals surface area contributed by atoms with Gasteiger partial charge in [-0.25, -0.2) is 0 Å². The second-order valence-corrected chi connectivity index (χ2v) is 5.94. The molecule has 0 saturated heterocycles. The molecule has 1 aromatic carbocycles. The summed E-state index contributed by atoms with van der Waals surface area (Å²) in [5.41, 5.74) is 1.86. The highest BCUT2D eigenvalue weighted by molar-refractivity contribution is 9.10. The zero-order valence-corrected chi connectivity index (χ0v) is 14.6. The van der Waals surface area contributed by atoms with Crippen molar-refractivity contribution >= 4 is 21.8 Å². The maximum absolute atomic E-state index is 12.2. The Bertz CT molecular complexity index is 655. The molecule has 0 radical (unpaired) electrons. The van der Waals surface area contributed by atoms with Crippen molar-refractivity contribution in [3.8, 4) is 5.75 Å². The number of benzene rings is 1. The Kier molecular flexibility index (Phi) is 5.60. The maximum Gasteiger partial charge on any atom is 0.260 e. The van der Waals surface area contributed by atoms with Gasteiger partial charge in [-0.1, -0.05) is 18.2 Å². The number of hydrogen-bond donors (Lipinski definition) is 0. The van der Waals surface area contributed by atoms with Gasteiger partial charge in [0.2, 0.25) is 0 Å². The number of amides is 1. The third-order valence-corrected chi connectivity index (χ3v) is 4.03. The number of hydrogen-bond acceptors (Lipinski definition) is 3. The van der Waals surface area contributed by atoms with Crippen LogP contribution in [0, 0.1) is 6.92 Å². The lowest BCUT2D eigenvalue weighted by Gasteiger charge is -2.17. The zero-order valence-electron chi connectivity index (χ0n) is 13.0. The summed E-state index contributed by atoms with van der Waals surface area (Å²) in [6.07, 6.45) is 1.91. The minimum absolute atomic E-state index is 0.0213. The Morgan fingerprint density at radius 2 is 2.14 bits per heavy atom. The molecule has 1 amide bonds. The van der Waals surface area contributed by atoms with Crippen LogP contribution in [-0.4, -0.2) is 34.2 Å². The van der Waals surface area contributed by atoms with E-state index < -0.39 is 0 Å². The number of para-hydroxylation sites is 1. The average Bonchev–Trinajstić information content (AvgIpc) is 2.86. The molecular formula is C16H20BrN3O2. The van der Waals surface area contributed by atoms with Gasteiger partial charge in [-0.15, -0.1) is 0 Å². The first-order valence-electron chi connectivity index (χ1n) is 7.15. The third-order valence-electron chi connectivity index (χ3n) is 3.37. The lowest BCUT2D eigenvalue weighted by molar-refractivity contribution is -0.132. The lowest BCUT2D eigenvalue weighted by Crippen LogP contribution is -2.31. The number of carbonyl (C=O) groups excluding carboxylic acids is 1. The first-order valence-corrected chi connectivity index (χ1v) is 7.94. The van der Waals surface area contributed by atoms with Crippen LogP contribution in [0.4, 0.5) is 0 Å². The zero-order chi connectivity index (χ0) is 16.1.